The number of fused-ring (bicyclic) bond motifs is 4. The summed E-state index contributed by atoms with van der Waals surface area (Å²) >= 11 is 13.2. The second-order valence-corrected chi connectivity index (χ2v) is 23.3. The Morgan fingerprint density at radius 1 is 0.628 bits per heavy atom. The lowest BCUT2D eigenvalue weighted by Crippen LogP contribution is -2.62. The SMILES string of the molecule is CC(C)=Cc1c(C)cccc1C(=O)NC1(C(=O)OC(=O)C2(NC(=O)c3cccc(C)c3CC(C)C)Cc3ccc(Cl)cc3C2)Cc2cc(Cl)ccc2C1OC(=O)C1(C(=O)Nc2cccc3c2CCCC3)Cc2ccccc2C1. The van der Waals surface area contributed by atoms with Crippen molar-refractivity contribution >= 4 is 70.6 Å². The molecule has 400 valence electrons. The summed E-state index contributed by atoms with van der Waals surface area (Å²) in [6, 6.07) is 33.9. The molecule has 10 rings (SSSR count). The van der Waals surface area contributed by atoms with Gasteiger partial charge in [0.2, 0.25) is 5.91 Å². The average molecular weight is 1090 g/mol. The molecule has 3 N–H and O–H groups in total. The lowest BCUT2D eigenvalue weighted by molar-refractivity contribution is -0.178. The van der Waals surface area contributed by atoms with E-state index in [4.69, 9.17) is 32.7 Å². The Labute approximate surface area is 465 Å². The third kappa shape index (κ3) is 10.2. The molecular weight excluding hydrogens is 1020 g/mol. The van der Waals surface area contributed by atoms with Crippen molar-refractivity contribution in [3.05, 3.63) is 209 Å². The Bertz CT molecular complexity index is 3480. The Hall–Kier alpha value is -7.34. The number of rotatable bonds is 13. The van der Waals surface area contributed by atoms with Crippen LogP contribution in [0.25, 0.3) is 6.08 Å². The first-order valence-corrected chi connectivity index (χ1v) is 27.6. The zero-order valence-electron chi connectivity index (χ0n) is 44.8. The molecule has 78 heavy (non-hydrogen) atoms. The number of allylic oxidation sites excluding steroid dienone is 1. The van der Waals surface area contributed by atoms with Crippen LogP contribution in [-0.2, 0) is 80.0 Å². The normalized spacial score (nSPS) is 19.4. The summed E-state index contributed by atoms with van der Waals surface area (Å²) in [5, 5.41) is 9.90. The Morgan fingerprint density at radius 3 is 1.96 bits per heavy atom. The highest BCUT2D eigenvalue weighted by Crippen LogP contribution is 2.48. The van der Waals surface area contributed by atoms with Gasteiger partial charge in [0.1, 0.15) is 5.54 Å². The van der Waals surface area contributed by atoms with Crippen LogP contribution in [0.4, 0.5) is 5.69 Å². The molecule has 0 fully saturated rings. The van der Waals surface area contributed by atoms with Crippen LogP contribution in [0.15, 0.2) is 121 Å². The summed E-state index contributed by atoms with van der Waals surface area (Å²) in [5.74, 6) is -4.97. The number of nitrogens with one attached hydrogen (secondary N) is 3. The van der Waals surface area contributed by atoms with Crippen molar-refractivity contribution in [1.29, 1.82) is 0 Å². The third-order valence-electron chi connectivity index (χ3n) is 16.2. The number of carbonyl (C=O) groups is 6. The predicted octanol–water partition coefficient (Wildman–Crippen LogP) is 11.9. The number of hydrogen-bond acceptors (Lipinski definition) is 8. The average Bonchev–Trinajstić information content (AvgIpc) is 4.06. The molecular formula is C65H63Cl2N3O8. The number of aryl methyl sites for hydroxylation is 3. The van der Waals surface area contributed by atoms with Crippen molar-refractivity contribution in [2.75, 3.05) is 5.32 Å². The minimum Gasteiger partial charge on any atom is -0.453 e. The first-order valence-electron chi connectivity index (χ1n) is 26.8. The van der Waals surface area contributed by atoms with Crippen molar-refractivity contribution in [2.24, 2.45) is 11.3 Å². The maximum absolute atomic E-state index is 16.0. The summed E-state index contributed by atoms with van der Waals surface area (Å²) in [4.78, 5) is 92.6. The van der Waals surface area contributed by atoms with Gasteiger partial charge < -0.3 is 25.4 Å². The predicted molar refractivity (Wildman–Crippen MR) is 303 cm³/mol. The highest BCUT2D eigenvalue weighted by molar-refractivity contribution is 6.31. The second-order valence-electron chi connectivity index (χ2n) is 22.5. The van der Waals surface area contributed by atoms with E-state index >= 15 is 24.0 Å². The zero-order valence-corrected chi connectivity index (χ0v) is 46.3. The summed E-state index contributed by atoms with van der Waals surface area (Å²) in [6.45, 7) is 11.7. The number of amides is 3. The number of carbonyl (C=O) groups excluding carboxylic acids is 6. The molecule has 4 aliphatic carbocycles. The van der Waals surface area contributed by atoms with Gasteiger partial charge in [0.25, 0.3) is 11.8 Å². The Morgan fingerprint density at radius 2 is 1.24 bits per heavy atom. The molecule has 0 bridgehead atoms. The number of anilines is 1. The van der Waals surface area contributed by atoms with Gasteiger partial charge in [-0.25, -0.2) is 9.59 Å². The Balaban J connectivity index is 1.08. The highest BCUT2D eigenvalue weighted by Gasteiger charge is 2.61. The van der Waals surface area contributed by atoms with Crippen molar-refractivity contribution < 1.29 is 38.2 Å². The van der Waals surface area contributed by atoms with Gasteiger partial charge in [-0.05, 0) is 188 Å². The molecule has 6 aromatic carbocycles. The van der Waals surface area contributed by atoms with Crippen molar-refractivity contribution in [3.63, 3.8) is 0 Å². The number of hydrogen-bond donors (Lipinski definition) is 3. The maximum Gasteiger partial charge on any atom is 0.344 e. The van der Waals surface area contributed by atoms with Crippen LogP contribution in [0.3, 0.4) is 0 Å². The van der Waals surface area contributed by atoms with Gasteiger partial charge in [0.05, 0.1) is 0 Å². The largest absolute Gasteiger partial charge is 0.453 e. The monoisotopic (exact) mass is 1080 g/mol. The number of halogens is 2. The van der Waals surface area contributed by atoms with Gasteiger partial charge in [-0.2, -0.15) is 0 Å². The van der Waals surface area contributed by atoms with E-state index < -0.39 is 58.2 Å². The smallest absolute Gasteiger partial charge is 0.344 e. The quantitative estimate of drug-likeness (QED) is 0.0762. The standard InChI is InChI=1S/C65H63Cl2N3O8/c1-37(2)28-53-39(5)14-11-21-51(53)57(71)69-64(34-44-24-25-47(66)30-45(44)35-64)61(75)78-62(76)65(70-58(72)52-22-12-15-40(6)54(52)29-38(3)4)36-46-31-48(67)26-27-50(46)56(65)77-60(74)63(32-42-17-7-8-18-43(42)33-63)59(73)68-55-23-13-19-41-16-9-10-20-49(41)55/h7-8,11-15,17-19,21-27,29-31,37,56H,9-10,16,20,28,32-36H2,1-6H3,(H,68,73)(H,69,71)(H,70,72). The van der Waals surface area contributed by atoms with E-state index in [1.807, 2.05) is 82.3 Å². The lowest BCUT2D eigenvalue weighted by atomic mass is 9.82. The molecule has 0 heterocycles. The van der Waals surface area contributed by atoms with E-state index in [-0.39, 0.29) is 43.6 Å². The topological polar surface area (TPSA) is 157 Å². The fourth-order valence-corrected chi connectivity index (χ4v) is 12.6. The molecule has 0 spiro atoms. The van der Waals surface area contributed by atoms with Crippen LogP contribution in [-0.4, -0.2) is 46.7 Å². The number of esters is 3. The van der Waals surface area contributed by atoms with Crippen LogP contribution in [0.2, 0.25) is 10.0 Å². The maximum atomic E-state index is 16.0. The number of benzene rings is 6. The van der Waals surface area contributed by atoms with E-state index in [1.165, 1.54) is 0 Å². The van der Waals surface area contributed by atoms with E-state index in [9.17, 15) is 4.79 Å². The molecule has 11 nitrogen and oxygen atoms in total. The van der Waals surface area contributed by atoms with Gasteiger partial charge >= 0.3 is 17.9 Å². The van der Waals surface area contributed by atoms with Gasteiger partial charge in [-0.1, -0.05) is 121 Å². The van der Waals surface area contributed by atoms with Crippen LogP contribution < -0.4 is 16.0 Å². The first-order chi connectivity index (χ1) is 37.3. The molecule has 3 amide bonds. The first kappa shape index (κ1) is 54.0. The molecule has 6 aromatic rings. The van der Waals surface area contributed by atoms with Gasteiger partial charge in [0, 0.05) is 46.1 Å². The Kier molecular flexibility index (Phi) is 14.9. The minimum absolute atomic E-state index is 0.0205. The van der Waals surface area contributed by atoms with Crippen molar-refractivity contribution in [1.82, 2.24) is 10.6 Å². The van der Waals surface area contributed by atoms with Gasteiger partial charge in [0.15, 0.2) is 17.1 Å². The summed E-state index contributed by atoms with van der Waals surface area (Å²) in [6.07, 6.45) is 3.84. The lowest BCUT2D eigenvalue weighted by Gasteiger charge is -2.37. The molecule has 4 aliphatic rings. The zero-order chi connectivity index (χ0) is 55.3. The molecule has 13 heteroatoms. The molecule has 3 unspecified atom stereocenters. The van der Waals surface area contributed by atoms with Crippen molar-refractivity contribution in [3.8, 4) is 0 Å². The summed E-state index contributed by atoms with van der Waals surface area (Å²) in [5.41, 5.74) is 4.92. The fraction of sp³-hybridized carbons (Fsp3) is 0.323. The van der Waals surface area contributed by atoms with Crippen LogP contribution in [0, 0.1) is 25.2 Å². The highest BCUT2D eigenvalue weighted by atomic mass is 35.5. The van der Waals surface area contributed by atoms with E-state index in [0.29, 0.717) is 55.5 Å². The molecule has 0 radical (unpaired) electrons. The summed E-state index contributed by atoms with van der Waals surface area (Å²) < 4.78 is 13.0. The number of ether oxygens (including phenoxy) is 2. The van der Waals surface area contributed by atoms with Gasteiger partial charge in [-0.15, -0.1) is 0 Å². The summed E-state index contributed by atoms with van der Waals surface area (Å²) in [7, 11) is 0. The van der Waals surface area contributed by atoms with E-state index in [1.54, 1.807) is 60.7 Å². The van der Waals surface area contributed by atoms with Gasteiger partial charge in [-0.3, -0.25) is 19.2 Å². The molecule has 0 aliphatic heterocycles. The van der Waals surface area contributed by atoms with Crippen LogP contribution >= 0.6 is 23.2 Å². The molecule has 0 saturated carbocycles. The van der Waals surface area contributed by atoms with Crippen molar-refractivity contribution in [2.45, 2.75) is 123 Å². The molecule has 0 saturated heterocycles. The fourth-order valence-electron chi connectivity index (χ4n) is 12.2. The second kappa shape index (κ2) is 21.5. The van der Waals surface area contributed by atoms with E-state index in [0.717, 1.165) is 70.2 Å². The third-order valence-corrected chi connectivity index (χ3v) is 16.6. The van der Waals surface area contributed by atoms with Crippen LogP contribution in [0.5, 0.6) is 0 Å². The minimum atomic E-state index is -2.37. The molecule has 3 atom stereocenters. The van der Waals surface area contributed by atoms with Crippen LogP contribution in [0.1, 0.15) is 134 Å². The molecule has 0 aromatic heterocycles. The van der Waals surface area contributed by atoms with E-state index in [2.05, 4.69) is 35.9 Å².